The molecule has 0 aliphatic carbocycles. The number of carbonyl (C=O) groups excluding carboxylic acids is 2. The fourth-order valence-electron chi connectivity index (χ4n) is 5.35. The second kappa shape index (κ2) is 25.6. The SMILES string of the molecule is CCCCCCCCCCCCCCCCCNC(=O)OC1CCCOC1COC(=O)NCCCCC[n+]1ccsc1. The largest absolute Gasteiger partial charge is 0.447 e. The Balaban J connectivity index is 1.40. The number of nitrogens with one attached hydrogen (secondary N) is 2. The number of unbranched alkanes of at least 4 members (excludes halogenated alkanes) is 16. The van der Waals surface area contributed by atoms with E-state index < -0.39 is 24.4 Å². The Morgan fingerprint density at radius 1 is 0.810 bits per heavy atom. The van der Waals surface area contributed by atoms with Gasteiger partial charge < -0.3 is 24.8 Å². The Morgan fingerprint density at radius 3 is 1.98 bits per heavy atom. The zero-order valence-corrected chi connectivity index (χ0v) is 27.3. The van der Waals surface area contributed by atoms with Crippen molar-refractivity contribution in [3.05, 3.63) is 17.1 Å². The van der Waals surface area contributed by atoms with E-state index in [2.05, 4.69) is 39.2 Å². The molecule has 42 heavy (non-hydrogen) atoms. The van der Waals surface area contributed by atoms with Gasteiger partial charge in [-0.15, -0.1) is 0 Å². The van der Waals surface area contributed by atoms with Gasteiger partial charge in [0.25, 0.3) is 0 Å². The number of ether oxygens (including phenoxy) is 3. The van der Waals surface area contributed by atoms with E-state index in [0.29, 0.717) is 26.1 Å². The topological polar surface area (TPSA) is 89.8 Å². The van der Waals surface area contributed by atoms with Gasteiger partial charge in [-0.3, -0.25) is 0 Å². The number of thiazole rings is 1. The number of amides is 2. The zero-order valence-electron chi connectivity index (χ0n) is 26.5. The Kier molecular flexibility index (Phi) is 22.1. The van der Waals surface area contributed by atoms with Crippen LogP contribution in [-0.2, 0) is 20.8 Å². The normalized spacial score (nSPS) is 16.7. The lowest BCUT2D eigenvalue weighted by Gasteiger charge is -2.30. The number of nitrogens with zero attached hydrogens (tertiary/aromatic N) is 1. The van der Waals surface area contributed by atoms with Crippen molar-refractivity contribution in [2.75, 3.05) is 26.3 Å². The number of aryl methyl sites for hydroxylation is 1. The molecule has 2 heterocycles. The van der Waals surface area contributed by atoms with E-state index in [4.69, 9.17) is 14.2 Å². The van der Waals surface area contributed by atoms with Crippen LogP contribution in [0.25, 0.3) is 0 Å². The molecule has 2 unspecified atom stereocenters. The fraction of sp³-hybridized carbons (Fsp3) is 0.848. The first-order chi connectivity index (χ1) is 20.7. The van der Waals surface area contributed by atoms with E-state index in [1.165, 1.54) is 83.5 Å². The highest BCUT2D eigenvalue weighted by atomic mass is 32.1. The smallest absolute Gasteiger partial charge is 0.407 e. The number of alkyl carbamates (subject to hydrolysis) is 2. The summed E-state index contributed by atoms with van der Waals surface area (Å²) in [5, 5.41) is 7.75. The van der Waals surface area contributed by atoms with Crippen molar-refractivity contribution in [3.8, 4) is 0 Å². The lowest BCUT2D eigenvalue weighted by atomic mass is 10.0. The Hall–Kier alpha value is -1.87. The number of hydrogen-bond donors (Lipinski definition) is 2. The predicted molar refractivity (Wildman–Crippen MR) is 170 cm³/mol. The number of hydrogen-bond acceptors (Lipinski definition) is 6. The second-order valence-corrected chi connectivity index (χ2v) is 12.5. The quantitative estimate of drug-likeness (QED) is 0.0863. The van der Waals surface area contributed by atoms with Crippen LogP contribution in [-0.4, -0.2) is 50.7 Å². The average Bonchev–Trinajstić information content (AvgIpc) is 3.52. The fourth-order valence-corrected chi connectivity index (χ4v) is 5.98. The lowest BCUT2D eigenvalue weighted by molar-refractivity contribution is -0.692. The van der Waals surface area contributed by atoms with E-state index in [-0.39, 0.29) is 6.61 Å². The number of aromatic nitrogens is 1. The highest BCUT2D eigenvalue weighted by Crippen LogP contribution is 2.18. The first kappa shape index (κ1) is 36.3. The molecule has 1 aromatic rings. The molecule has 2 rings (SSSR count). The summed E-state index contributed by atoms with van der Waals surface area (Å²) in [4.78, 5) is 24.4. The van der Waals surface area contributed by atoms with E-state index in [1.807, 2.05) is 0 Å². The van der Waals surface area contributed by atoms with Crippen molar-refractivity contribution in [1.82, 2.24) is 10.6 Å². The third-order valence-electron chi connectivity index (χ3n) is 7.96. The minimum atomic E-state index is -0.451. The summed E-state index contributed by atoms with van der Waals surface area (Å²) in [6.45, 7) is 5.15. The minimum absolute atomic E-state index is 0.0810. The molecule has 1 aromatic heterocycles. The number of carbonyl (C=O) groups is 2. The summed E-state index contributed by atoms with van der Waals surface area (Å²) in [6, 6.07) is 0. The summed E-state index contributed by atoms with van der Waals surface area (Å²) in [5.74, 6) is 0. The molecule has 1 fully saturated rings. The lowest BCUT2D eigenvalue weighted by Crippen LogP contribution is -2.44. The summed E-state index contributed by atoms with van der Waals surface area (Å²) in [5.41, 5.74) is 2.10. The maximum atomic E-state index is 12.3. The van der Waals surface area contributed by atoms with Crippen molar-refractivity contribution in [3.63, 3.8) is 0 Å². The van der Waals surface area contributed by atoms with Gasteiger partial charge in [0.15, 0.2) is 6.20 Å². The van der Waals surface area contributed by atoms with Gasteiger partial charge in [0.05, 0.1) is 5.38 Å². The monoisotopic (exact) mass is 610 g/mol. The molecule has 0 bridgehead atoms. The standard InChI is InChI=1S/C33H59N3O5S/c1-2-3-4-5-6-7-8-9-10-11-12-13-14-15-17-23-35-33(38)41-30-21-20-26-39-31(30)28-40-32(37)34-22-18-16-19-24-36-25-27-42-29-36/h25,27,29-31H,2-24,26,28H2,1H3,(H-,34,35,37,38)/p+1. The minimum Gasteiger partial charge on any atom is -0.447 e. The van der Waals surface area contributed by atoms with Crippen LogP contribution in [0, 0.1) is 0 Å². The summed E-state index contributed by atoms with van der Waals surface area (Å²) < 4.78 is 18.9. The molecule has 1 saturated heterocycles. The highest BCUT2D eigenvalue weighted by Gasteiger charge is 2.30. The van der Waals surface area contributed by atoms with Crippen LogP contribution in [0.15, 0.2) is 17.1 Å². The maximum Gasteiger partial charge on any atom is 0.407 e. The van der Waals surface area contributed by atoms with Crippen LogP contribution < -0.4 is 15.2 Å². The van der Waals surface area contributed by atoms with E-state index >= 15 is 0 Å². The van der Waals surface area contributed by atoms with E-state index in [0.717, 1.165) is 45.1 Å². The van der Waals surface area contributed by atoms with Gasteiger partial charge in [-0.2, -0.15) is 4.57 Å². The molecule has 9 heteroatoms. The van der Waals surface area contributed by atoms with Crippen LogP contribution in [0.4, 0.5) is 9.59 Å². The van der Waals surface area contributed by atoms with Gasteiger partial charge in [-0.25, -0.2) is 9.59 Å². The highest BCUT2D eigenvalue weighted by molar-refractivity contribution is 7.07. The molecule has 2 N–H and O–H groups in total. The molecule has 8 nitrogen and oxygen atoms in total. The molecule has 2 atom stereocenters. The van der Waals surface area contributed by atoms with Gasteiger partial charge in [0.2, 0.25) is 5.51 Å². The maximum absolute atomic E-state index is 12.3. The van der Waals surface area contributed by atoms with Gasteiger partial charge in [-0.1, -0.05) is 108 Å². The predicted octanol–water partition coefficient (Wildman–Crippen LogP) is 8.08. The summed E-state index contributed by atoms with van der Waals surface area (Å²) in [7, 11) is 0. The molecular formula is C33H60N3O5S+. The van der Waals surface area contributed by atoms with Crippen LogP contribution in [0.3, 0.4) is 0 Å². The molecule has 0 aromatic carbocycles. The zero-order chi connectivity index (χ0) is 29.9. The molecule has 0 spiro atoms. The first-order valence-corrected chi connectivity index (χ1v) is 18.0. The Labute approximate surface area is 259 Å². The van der Waals surface area contributed by atoms with Crippen molar-refractivity contribution in [2.24, 2.45) is 0 Å². The average molecular weight is 611 g/mol. The van der Waals surface area contributed by atoms with Crippen molar-refractivity contribution >= 4 is 23.5 Å². The van der Waals surface area contributed by atoms with Crippen molar-refractivity contribution in [1.29, 1.82) is 0 Å². The summed E-state index contributed by atoms with van der Waals surface area (Å²) >= 11 is 1.69. The molecule has 1 aliphatic heterocycles. The van der Waals surface area contributed by atoms with E-state index in [1.54, 1.807) is 11.3 Å². The molecule has 0 saturated carbocycles. The molecule has 0 radical (unpaired) electrons. The number of rotatable bonds is 25. The molecular weight excluding hydrogens is 550 g/mol. The summed E-state index contributed by atoms with van der Waals surface area (Å²) in [6.07, 6.45) is 24.8. The molecule has 1 aliphatic rings. The van der Waals surface area contributed by atoms with Crippen molar-refractivity contribution in [2.45, 2.75) is 154 Å². The second-order valence-electron chi connectivity index (χ2n) is 11.7. The first-order valence-electron chi connectivity index (χ1n) is 17.1. The van der Waals surface area contributed by atoms with Crippen LogP contribution in [0.2, 0.25) is 0 Å². The van der Waals surface area contributed by atoms with Gasteiger partial charge in [0, 0.05) is 26.1 Å². The van der Waals surface area contributed by atoms with Crippen LogP contribution >= 0.6 is 11.3 Å². The van der Waals surface area contributed by atoms with Gasteiger partial charge in [-0.05, 0) is 32.1 Å². The van der Waals surface area contributed by atoms with Crippen LogP contribution in [0.1, 0.15) is 135 Å². The van der Waals surface area contributed by atoms with Gasteiger partial charge in [0.1, 0.15) is 25.4 Å². The Morgan fingerprint density at radius 2 is 1.38 bits per heavy atom. The molecule has 242 valence electrons. The Bertz CT molecular complexity index is 780. The third-order valence-corrected chi connectivity index (χ3v) is 8.63. The van der Waals surface area contributed by atoms with Crippen molar-refractivity contribution < 1.29 is 28.4 Å². The van der Waals surface area contributed by atoms with E-state index in [9.17, 15) is 9.59 Å². The third kappa shape index (κ3) is 19.3. The van der Waals surface area contributed by atoms with Gasteiger partial charge >= 0.3 is 12.2 Å². The van der Waals surface area contributed by atoms with Crippen LogP contribution in [0.5, 0.6) is 0 Å². The molecule has 2 amide bonds.